The number of nitrogens with one attached hydrogen (secondary N) is 1. The fraction of sp³-hybridized carbons (Fsp3) is 0.458. The first-order valence-electron chi connectivity index (χ1n) is 10.9. The summed E-state index contributed by atoms with van der Waals surface area (Å²) in [6, 6.07) is 9.90. The third-order valence-corrected chi connectivity index (χ3v) is 6.24. The van der Waals surface area contributed by atoms with Gasteiger partial charge in [0.2, 0.25) is 0 Å². The highest BCUT2D eigenvalue weighted by atomic mass is 32.1. The molecule has 3 rings (SSSR count). The molecule has 2 aromatic heterocycles. The molecule has 0 saturated carbocycles. The van der Waals surface area contributed by atoms with Crippen molar-refractivity contribution in [3.05, 3.63) is 62.5 Å². The normalized spacial score (nSPS) is 12.6. The van der Waals surface area contributed by atoms with Gasteiger partial charge in [-0.3, -0.25) is 9.69 Å². The van der Waals surface area contributed by atoms with Gasteiger partial charge in [-0.1, -0.05) is 44.2 Å². The third-order valence-electron chi connectivity index (χ3n) is 5.07. The standard InChI is InChI=1S/C24H31N3O5S/c1-15(2)13-32-14-18(28)11-27(10-17-8-6-5-7-9-17)12-19-25-22(29)20-16(3)21(24(30)31-4)33-23(20)26-19/h5-9,15,18,28H,10-14H2,1-4H3,(H,25,26,29)/t18-/m0/s1. The van der Waals surface area contributed by atoms with Crippen LogP contribution < -0.4 is 5.56 Å². The summed E-state index contributed by atoms with van der Waals surface area (Å²) < 4.78 is 10.4. The summed E-state index contributed by atoms with van der Waals surface area (Å²) in [6.07, 6.45) is -0.683. The van der Waals surface area contributed by atoms with E-state index in [2.05, 4.69) is 23.8 Å². The van der Waals surface area contributed by atoms with Crippen molar-refractivity contribution in [2.45, 2.75) is 40.0 Å². The van der Waals surface area contributed by atoms with E-state index in [1.807, 2.05) is 35.2 Å². The van der Waals surface area contributed by atoms with Crippen LogP contribution in [0.3, 0.4) is 0 Å². The Morgan fingerprint density at radius 3 is 2.61 bits per heavy atom. The Morgan fingerprint density at radius 1 is 1.21 bits per heavy atom. The molecule has 1 atom stereocenters. The van der Waals surface area contributed by atoms with E-state index in [9.17, 15) is 14.7 Å². The zero-order chi connectivity index (χ0) is 24.0. The van der Waals surface area contributed by atoms with Crippen LogP contribution in [0.2, 0.25) is 0 Å². The first-order chi connectivity index (χ1) is 15.8. The zero-order valence-electron chi connectivity index (χ0n) is 19.5. The second kappa shape index (κ2) is 11.5. The molecule has 0 aliphatic carbocycles. The number of fused-ring (bicyclic) bond motifs is 1. The van der Waals surface area contributed by atoms with E-state index >= 15 is 0 Å². The number of carbonyl (C=O) groups excluding carboxylic acids is 1. The molecule has 0 spiro atoms. The van der Waals surface area contributed by atoms with E-state index in [4.69, 9.17) is 9.47 Å². The molecule has 0 aliphatic heterocycles. The number of benzene rings is 1. The number of nitrogens with zero attached hydrogens (tertiary/aromatic N) is 2. The molecule has 0 aliphatic rings. The maximum atomic E-state index is 12.8. The molecule has 9 heteroatoms. The minimum atomic E-state index is -0.683. The SMILES string of the molecule is COC(=O)c1sc2nc(CN(Cc3ccccc3)C[C@H](O)COCC(C)C)[nH]c(=O)c2c1C. The smallest absolute Gasteiger partial charge is 0.348 e. The molecular formula is C24H31N3O5S. The first kappa shape index (κ1) is 25.0. The second-order valence-corrected chi connectivity index (χ2v) is 9.48. The number of rotatable bonds is 11. The number of hydrogen-bond donors (Lipinski definition) is 2. The van der Waals surface area contributed by atoms with Crippen LogP contribution in [0.15, 0.2) is 35.1 Å². The summed E-state index contributed by atoms with van der Waals surface area (Å²) in [4.78, 5) is 35.2. The molecule has 0 fully saturated rings. The van der Waals surface area contributed by atoms with Crippen LogP contribution in [-0.2, 0) is 22.6 Å². The first-order valence-corrected chi connectivity index (χ1v) is 11.7. The molecule has 0 radical (unpaired) electrons. The van der Waals surface area contributed by atoms with Crippen molar-refractivity contribution in [2.75, 3.05) is 26.9 Å². The van der Waals surface area contributed by atoms with Gasteiger partial charge in [0.15, 0.2) is 0 Å². The minimum Gasteiger partial charge on any atom is -0.465 e. The van der Waals surface area contributed by atoms with E-state index in [-0.39, 0.29) is 12.2 Å². The Bertz CT molecular complexity index is 1130. The van der Waals surface area contributed by atoms with Crippen molar-refractivity contribution in [1.82, 2.24) is 14.9 Å². The quantitative estimate of drug-likeness (QED) is 0.412. The predicted molar refractivity (Wildman–Crippen MR) is 129 cm³/mol. The Hall–Kier alpha value is -2.59. The number of aliphatic hydroxyl groups excluding tert-OH is 1. The van der Waals surface area contributed by atoms with Crippen molar-refractivity contribution in [2.24, 2.45) is 5.92 Å². The van der Waals surface area contributed by atoms with Gasteiger partial charge in [-0.05, 0) is 24.0 Å². The number of methoxy groups -OCH3 is 1. The fourth-order valence-electron chi connectivity index (χ4n) is 3.58. The molecule has 3 aromatic rings. The molecule has 8 nitrogen and oxygen atoms in total. The van der Waals surface area contributed by atoms with Crippen molar-refractivity contribution >= 4 is 27.5 Å². The Morgan fingerprint density at radius 2 is 1.94 bits per heavy atom. The zero-order valence-corrected chi connectivity index (χ0v) is 20.3. The predicted octanol–water partition coefficient (Wildman–Crippen LogP) is 3.12. The van der Waals surface area contributed by atoms with Crippen molar-refractivity contribution in [3.8, 4) is 0 Å². The van der Waals surface area contributed by atoms with E-state index in [0.717, 1.165) is 16.9 Å². The van der Waals surface area contributed by atoms with E-state index in [1.54, 1.807) is 6.92 Å². The van der Waals surface area contributed by atoms with Gasteiger partial charge in [0, 0.05) is 19.7 Å². The van der Waals surface area contributed by atoms with E-state index in [1.165, 1.54) is 7.11 Å². The number of H-pyrrole nitrogens is 1. The van der Waals surface area contributed by atoms with Crippen LogP contribution in [0.25, 0.3) is 10.2 Å². The largest absolute Gasteiger partial charge is 0.465 e. The lowest BCUT2D eigenvalue weighted by Crippen LogP contribution is -2.35. The van der Waals surface area contributed by atoms with E-state index in [0.29, 0.717) is 58.6 Å². The maximum absolute atomic E-state index is 12.8. The molecule has 33 heavy (non-hydrogen) atoms. The Kier molecular flexibility index (Phi) is 8.74. The summed E-state index contributed by atoms with van der Waals surface area (Å²) >= 11 is 1.15. The molecule has 0 bridgehead atoms. The van der Waals surface area contributed by atoms with Crippen LogP contribution in [0.4, 0.5) is 0 Å². The van der Waals surface area contributed by atoms with Crippen molar-refractivity contribution in [1.29, 1.82) is 0 Å². The third kappa shape index (κ3) is 6.70. The highest BCUT2D eigenvalue weighted by Gasteiger charge is 2.21. The van der Waals surface area contributed by atoms with Crippen molar-refractivity contribution in [3.63, 3.8) is 0 Å². The van der Waals surface area contributed by atoms with Crippen LogP contribution in [0, 0.1) is 12.8 Å². The molecule has 178 valence electrons. The monoisotopic (exact) mass is 473 g/mol. The number of aryl methyl sites for hydroxylation is 1. The van der Waals surface area contributed by atoms with Gasteiger partial charge in [0.25, 0.3) is 5.56 Å². The topological polar surface area (TPSA) is 105 Å². The molecule has 0 unspecified atom stereocenters. The number of thiophene rings is 1. The molecule has 1 aromatic carbocycles. The number of aromatic nitrogens is 2. The molecule has 2 N–H and O–H groups in total. The summed E-state index contributed by atoms with van der Waals surface area (Å²) in [7, 11) is 1.31. The highest BCUT2D eigenvalue weighted by Crippen LogP contribution is 2.27. The van der Waals surface area contributed by atoms with Crippen LogP contribution in [0.1, 0.15) is 40.5 Å². The van der Waals surface area contributed by atoms with Crippen LogP contribution in [-0.4, -0.2) is 58.9 Å². The number of esters is 1. The van der Waals surface area contributed by atoms with Gasteiger partial charge in [-0.15, -0.1) is 11.3 Å². The lowest BCUT2D eigenvalue weighted by atomic mass is 10.2. The number of aliphatic hydroxyl groups is 1. The molecule has 0 amide bonds. The maximum Gasteiger partial charge on any atom is 0.348 e. The van der Waals surface area contributed by atoms with Crippen LogP contribution in [0.5, 0.6) is 0 Å². The summed E-state index contributed by atoms with van der Waals surface area (Å²) in [5.74, 6) is 0.380. The van der Waals surface area contributed by atoms with Gasteiger partial charge >= 0.3 is 5.97 Å². The average Bonchev–Trinajstić information content (AvgIpc) is 3.10. The van der Waals surface area contributed by atoms with Gasteiger partial charge in [0.1, 0.15) is 15.5 Å². The number of carbonyl (C=O) groups is 1. The number of aromatic amines is 1. The highest BCUT2D eigenvalue weighted by molar-refractivity contribution is 7.20. The second-order valence-electron chi connectivity index (χ2n) is 8.48. The number of hydrogen-bond acceptors (Lipinski definition) is 8. The lowest BCUT2D eigenvalue weighted by Gasteiger charge is -2.25. The fourth-order valence-corrected chi connectivity index (χ4v) is 4.70. The summed E-state index contributed by atoms with van der Waals surface area (Å²) in [5, 5.41) is 10.9. The van der Waals surface area contributed by atoms with Gasteiger partial charge in [-0.25, -0.2) is 9.78 Å². The molecule has 0 saturated heterocycles. The number of ether oxygens (including phenoxy) is 2. The Labute approximate surface area is 197 Å². The summed E-state index contributed by atoms with van der Waals surface area (Å²) in [5.41, 5.74) is 1.36. The Balaban J connectivity index is 1.83. The molecular weight excluding hydrogens is 442 g/mol. The van der Waals surface area contributed by atoms with E-state index < -0.39 is 12.1 Å². The van der Waals surface area contributed by atoms with Gasteiger partial charge < -0.3 is 19.6 Å². The van der Waals surface area contributed by atoms with Gasteiger partial charge in [-0.2, -0.15) is 0 Å². The van der Waals surface area contributed by atoms with Crippen LogP contribution >= 0.6 is 11.3 Å². The van der Waals surface area contributed by atoms with Gasteiger partial charge in [0.05, 0.1) is 31.8 Å². The molecule has 2 heterocycles. The minimum absolute atomic E-state index is 0.235. The van der Waals surface area contributed by atoms with Crippen molar-refractivity contribution < 1.29 is 19.4 Å². The summed E-state index contributed by atoms with van der Waals surface area (Å²) in [6.45, 7) is 7.91. The average molecular weight is 474 g/mol. The lowest BCUT2D eigenvalue weighted by molar-refractivity contribution is 0.00517.